The first-order valence-electron chi connectivity index (χ1n) is 7.05. The Morgan fingerprint density at radius 1 is 1.29 bits per heavy atom. The Hall–Kier alpha value is -1.33. The number of ether oxygens (including phenoxy) is 1. The summed E-state index contributed by atoms with van der Waals surface area (Å²) >= 11 is 0. The Kier molecular flexibility index (Phi) is 8.97. The standard InChI is InChI=1S/C16H24N2O2.BrH/c1-4-11-18(5-2,6-3)12-13-20-16(19)14-7-9-15(17)10-8-14;/h4,7-10H,1,5-6,11-13H2,2-3H3,(H-,17,19);1H. The molecule has 0 amide bonds. The third kappa shape index (κ3) is 5.89. The lowest BCUT2D eigenvalue weighted by Crippen LogP contribution is -3.00. The average Bonchev–Trinajstić information content (AvgIpc) is 2.47. The largest absolute Gasteiger partial charge is 1.00 e. The highest BCUT2D eigenvalue weighted by molar-refractivity contribution is 5.89. The molecule has 4 nitrogen and oxygen atoms in total. The Morgan fingerprint density at radius 3 is 2.33 bits per heavy atom. The van der Waals surface area contributed by atoms with Crippen LogP contribution in [-0.4, -0.2) is 43.2 Å². The molecule has 1 rings (SSSR count). The van der Waals surface area contributed by atoms with E-state index in [9.17, 15) is 4.79 Å². The summed E-state index contributed by atoms with van der Waals surface area (Å²) in [5.41, 5.74) is 6.76. The Balaban J connectivity index is 0.00000400. The highest BCUT2D eigenvalue weighted by Gasteiger charge is 2.21. The van der Waals surface area contributed by atoms with Gasteiger partial charge in [-0.15, -0.1) is 0 Å². The lowest BCUT2D eigenvalue weighted by atomic mass is 10.2. The van der Waals surface area contributed by atoms with Crippen molar-refractivity contribution in [3.05, 3.63) is 42.5 Å². The number of anilines is 1. The summed E-state index contributed by atoms with van der Waals surface area (Å²) in [6.45, 7) is 12.2. The molecule has 0 bridgehead atoms. The van der Waals surface area contributed by atoms with Crippen molar-refractivity contribution in [2.24, 2.45) is 0 Å². The number of hydrogen-bond acceptors (Lipinski definition) is 3. The van der Waals surface area contributed by atoms with E-state index in [0.29, 0.717) is 17.9 Å². The SMILES string of the molecule is C=CC[N+](CC)(CC)CCOC(=O)c1ccc(N)cc1.[Br-]. The molecular weight excluding hydrogens is 332 g/mol. The molecule has 0 aliphatic heterocycles. The second kappa shape index (κ2) is 9.58. The summed E-state index contributed by atoms with van der Waals surface area (Å²) in [5, 5.41) is 0. The van der Waals surface area contributed by atoms with Crippen LogP contribution in [0.15, 0.2) is 36.9 Å². The first kappa shape index (κ1) is 19.7. The minimum Gasteiger partial charge on any atom is -1.00 e. The van der Waals surface area contributed by atoms with Gasteiger partial charge < -0.3 is 31.9 Å². The molecule has 0 unspecified atom stereocenters. The van der Waals surface area contributed by atoms with Gasteiger partial charge in [-0.3, -0.25) is 0 Å². The first-order valence-corrected chi connectivity index (χ1v) is 7.05. The Morgan fingerprint density at radius 2 is 1.86 bits per heavy atom. The molecule has 0 atom stereocenters. The van der Waals surface area contributed by atoms with Gasteiger partial charge in [0.1, 0.15) is 13.2 Å². The third-order valence-corrected chi connectivity index (χ3v) is 3.80. The molecule has 0 spiro atoms. The van der Waals surface area contributed by atoms with Crippen molar-refractivity contribution in [2.75, 3.05) is 38.5 Å². The summed E-state index contributed by atoms with van der Waals surface area (Å²) in [6, 6.07) is 6.77. The van der Waals surface area contributed by atoms with E-state index in [4.69, 9.17) is 10.5 Å². The molecule has 1 aromatic carbocycles. The lowest BCUT2D eigenvalue weighted by Gasteiger charge is -2.35. The zero-order valence-electron chi connectivity index (χ0n) is 12.8. The summed E-state index contributed by atoms with van der Waals surface area (Å²) in [4.78, 5) is 11.9. The zero-order chi connectivity index (χ0) is 15.0. The predicted molar refractivity (Wildman–Crippen MR) is 82.4 cm³/mol. The Bertz CT molecular complexity index is 442. The van der Waals surface area contributed by atoms with Gasteiger partial charge in [-0.1, -0.05) is 6.58 Å². The number of nitrogens with zero attached hydrogens (tertiary/aromatic N) is 1. The van der Waals surface area contributed by atoms with Crippen LogP contribution in [0.5, 0.6) is 0 Å². The van der Waals surface area contributed by atoms with Gasteiger partial charge in [-0.25, -0.2) is 4.79 Å². The van der Waals surface area contributed by atoms with E-state index in [1.165, 1.54) is 0 Å². The number of nitrogens with two attached hydrogens (primary N) is 1. The zero-order valence-corrected chi connectivity index (χ0v) is 14.4. The summed E-state index contributed by atoms with van der Waals surface area (Å²) < 4.78 is 6.23. The van der Waals surface area contributed by atoms with Gasteiger partial charge >= 0.3 is 5.97 Å². The van der Waals surface area contributed by atoms with Gasteiger partial charge in [0, 0.05) is 5.69 Å². The van der Waals surface area contributed by atoms with Crippen molar-refractivity contribution in [3.8, 4) is 0 Å². The van der Waals surface area contributed by atoms with Gasteiger partial charge in [-0.2, -0.15) is 0 Å². The van der Waals surface area contributed by atoms with E-state index >= 15 is 0 Å². The predicted octanol–water partition coefficient (Wildman–Crippen LogP) is -0.528. The number of halogens is 1. The van der Waals surface area contributed by atoms with Crippen molar-refractivity contribution < 1.29 is 31.0 Å². The van der Waals surface area contributed by atoms with Gasteiger partial charge in [0.15, 0.2) is 0 Å². The van der Waals surface area contributed by atoms with Crippen molar-refractivity contribution in [2.45, 2.75) is 13.8 Å². The highest BCUT2D eigenvalue weighted by Crippen LogP contribution is 2.09. The van der Waals surface area contributed by atoms with Crippen LogP contribution in [0.1, 0.15) is 24.2 Å². The van der Waals surface area contributed by atoms with Crippen LogP contribution < -0.4 is 22.7 Å². The molecule has 21 heavy (non-hydrogen) atoms. The number of quaternary nitrogens is 1. The normalized spacial score (nSPS) is 10.6. The summed E-state index contributed by atoms with van der Waals surface area (Å²) in [5.74, 6) is -0.297. The number of rotatable bonds is 8. The van der Waals surface area contributed by atoms with Crippen LogP contribution in [0, 0.1) is 0 Å². The van der Waals surface area contributed by atoms with Crippen LogP contribution >= 0.6 is 0 Å². The molecule has 0 aliphatic rings. The smallest absolute Gasteiger partial charge is 0.338 e. The summed E-state index contributed by atoms with van der Waals surface area (Å²) in [6.07, 6.45) is 1.93. The van der Waals surface area contributed by atoms with Crippen LogP contribution in [0.2, 0.25) is 0 Å². The average molecular weight is 357 g/mol. The molecule has 0 aromatic heterocycles. The maximum atomic E-state index is 11.9. The number of hydrogen-bond donors (Lipinski definition) is 1. The van der Waals surface area contributed by atoms with Crippen molar-refractivity contribution in [1.29, 1.82) is 0 Å². The summed E-state index contributed by atoms with van der Waals surface area (Å²) in [7, 11) is 0. The second-order valence-corrected chi connectivity index (χ2v) is 4.93. The Labute approximate surface area is 137 Å². The molecule has 0 saturated carbocycles. The minimum absolute atomic E-state index is 0. The molecule has 2 N–H and O–H groups in total. The fraction of sp³-hybridized carbons (Fsp3) is 0.438. The van der Waals surface area contributed by atoms with Crippen molar-refractivity contribution >= 4 is 11.7 Å². The minimum atomic E-state index is -0.297. The van der Waals surface area contributed by atoms with Crippen LogP contribution in [-0.2, 0) is 4.74 Å². The molecule has 0 fully saturated rings. The maximum absolute atomic E-state index is 11.9. The molecule has 0 saturated heterocycles. The molecule has 0 aliphatic carbocycles. The van der Waals surface area contributed by atoms with Crippen LogP contribution in [0.4, 0.5) is 5.69 Å². The van der Waals surface area contributed by atoms with Gasteiger partial charge in [0.2, 0.25) is 0 Å². The number of esters is 1. The number of benzene rings is 1. The number of carbonyl (C=O) groups is 1. The van der Waals surface area contributed by atoms with E-state index in [2.05, 4.69) is 20.4 Å². The molecule has 0 heterocycles. The number of carbonyl (C=O) groups excluding carboxylic acids is 1. The van der Waals surface area contributed by atoms with E-state index in [1.54, 1.807) is 24.3 Å². The first-order chi connectivity index (χ1) is 9.56. The monoisotopic (exact) mass is 356 g/mol. The van der Waals surface area contributed by atoms with E-state index in [0.717, 1.165) is 30.7 Å². The number of nitrogen functional groups attached to an aromatic ring is 1. The van der Waals surface area contributed by atoms with Gasteiger partial charge in [0.05, 0.1) is 25.2 Å². The van der Waals surface area contributed by atoms with E-state index in [1.807, 2.05) is 6.08 Å². The topological polar surface area (TPSA) is 52.3 Å². The fourth-order valence-electron chi connectivity index (χ4n) is 2.20. The van der Waals surface area contributed by atoms with E-state index < -0.39 is 0 Å². The lowest BCUT2D eigenvalue weighted by molar-refractivity contribution is -0.919. The molecule has 5 heteroatoms. The van der Waals surface area contributed by atoms with Crippen molar-refractivity contribution in [3.63, 3.8) is 0 Å². The number of likely N-dealkylation sites (N-methyl/N-ethyl adjacent to an activating group) is 1. The van der Waals surface area contributed by atoms with Crippen LogP contribution in [0.3, 0.4) is 0 Å². The second-order valence-electron chi connectivity index (χ2n) is 4.93. The fourth-order valence-corrected chi connectivity index (χ4v) is 2.20. The maximum Gasteiger partial charge on any atom is 0.338 e. The van der Waals surface area contributed by atoms with Crippen molar-refractivity contribution in [1.82, 2.24) is 0 Å². The van der Waals surface area contributed by atoms with Gasteiger partial charge in [0.25, 0.3) is 0 Å². The highest BCUT2D eigenvalue weighted by atomic mass is 79.9. The van der Waals surface area contributed by atoms with E-state index in [-0.39, 0.29) is 23.0 Å². The molecule has 118 valence electrons. The van der Waals surface area contributed by atoms with Gasteiger partial charge in [-0.05, 0) is 44.2 Å². The molecule has 0 radical (unpaired) electrons. The molecular formula is C16H25BrN2O2. The third-order valence-electron chi connectivity index (χ3n) is 3.80. The van der Waals surface area contributed by atoms with Crippen LogP contribution in [0.25, 0.3) is 0 Å². The molecule has 1 aromatic rings. The quantitative estimate of drug-likeness (QED) is 0.295.